The Hall–Kier alpha value is -2.14. The summed E-state index contributed by atoms with van der Waals surface area (Å²) in [6, 6.07) is 9.70. The Morgan fingerprint density at radius 1 is 1.27 bits per heavy atom. The van der Waals surface area contributed by atoms with E-state index in [1.807, 2.05) is 36.5 Å². The Labute approximate surface area is 129 Å². The highest BCUT2D eigenvalue weighted by molar-refractivity contribution is 5.95. The Morgan fingerprint density at radius 3 is 2.73 bits per heavy atom. The Bertz CT molecular complexity index is 656. The van der Waals surface area contributed by atoms with Crippen molar-refractivity contribution in [1.82, 2.24) is 15.1 Å². The van der Waals surface area contributed by atoms with Crippen molar-refractivity contribution in [2.75, 3.05) is 18.4 Å². The molecule has 1 unspecified atom stereocenters. The van der Waals surface area contributed by atoms with Crippen LogP contribution < -0.4 is 10.6 Å². The fourth-order valence-electron chi connectivity index (χ4n) is 3.54. The van der Waals surface area contributed by atoms with E-state index in [2.05, 4.69) is 15.7 Å². The molecule has 1 atom stereocenters. The zero-order valence-corrected chi connectivity index (χ0v) is 12.5. The minimum absolute atomic E-state index is 0.175. The van der Waals surface area contributed by atoms with Crippen LogP contribution in [0.25, 0.3) is 5.69 Å². The summed E-state index contributed by atoms with van der Waals surface area (Å²) in [5, 5.41) is 10.6. The van der Waals surface area contributed by atoms with Gasteiger partial charge in [-0.15, -0.1) is 0 Å². The quantitative estimate of drug-likeness (QED) is 0.913. The molecule has 114 valence electrons. The second kappa shape index (κ2) is 5.25. The van der Waals surface area contributed by atoms with E-state index in [1.54, 1.807) is 10.9 Å². The topological polar surface area (TPSA) is 59.0 Å². The molecule has 1 aliphatic carbocycles. The van der Waals surface area contributed by atoms with Gasteiger partial charge in [0.25, 0.3) is 0 Å². The lowest BCUT2D eigenvalue weighted by Crippen LogP contribution is -2.31. The highest BCUT2D eigenvalue weighted by Crippen LogP contribution is 2.58. The molecule has 0 radical (unpaired) electrons. The van der Waals surface area contributed by atoms with Gasteiger partial charge in [0.1, 0.15) is 0 Å². The van der Waals surface area contributed by atoms with Gasteiger partial charge in [-0.3, -0.25) is 4.79 Å². The summed E-state index contributed by atoms with van der Waals surface area (Å²) in [4.78, 5) is 12.4. The lowest BCUT2D eigenvalue weighted by molar-refractivity contribution is -0.118. The Balaban J connectivity index is 1.40. The minimum atomic E-state index is 0.175. The summed E-state index contributed by atoms with van der Waals surface area (Å²) in [5.41, 5.74) is 2.13. The normalized spacial score (nSPS) is 22.5. The van der Waals surface area contributed by atoms with Crippen LogP contribution in [0.1, 0.15) is 19.3 Å². The predicted molar refractivity (Wildman–Crippen MR) is 84.8 cm³/mol. The average molecular weight is 296 g/mol. The van der Waals surface area contributed by atoms with E-state index in [4.69, 9.17) is 0 Å². The maximum absolute atomic E-state index is 12.4. The first-order valence-electron chi connectivity index (χ1n) is 7.89. The largest absolute Gasteiger partial charge is 0.326 e. The van der Waals surface area contributed by atoms with E-state index >= 15 is 0 Å². The van der Waals surface area contributed by atoms with Crippen molar-refractivity contribution in [2.24, 2.45) is 11.3 Å². The molecule has 2 fully saturated rings. The molecule has 4 rings (SSSR count). The maximum atomic E-state index is 12.4. The zero-order chi connectivity index (χ0) is 15.0. The number of benzene rings is 1. The van der Waals surface area contributed by atoms with Crippen molar-refractivity contribution in [3.8, 4) is 5.69 Å². The molecule has 1 aliphatic heterocycles. The standard InChI is InChI=1S/C17H20N4O/c22-16(15-12-17(15)6-9-18-10-7-17)20-13-2-4-14(5-3-13)21-11-1-8-19-21/h1-5,8,11,15,18H,6-7,9-10,12H2,(H,20,22). The summed E-state index contributed by atoms with van der Waals surface area (Å²) in [5.74, 6) is 0.370. The van der Waals surface area contributed by atoms with Crippen LogP contribution in [0.15, 0.2) is 42.7 Å². The first kappa shape index (κ1) is 13.5. The van der Waals surface area contributed by atoms with Gasteiger partial charge in [-0.25, -0.2) is 4.68 Å². The first-order chi connectivity index (χ1) is 10.8. The van der Waals surface area contributed by atoms with Crippen LogP contribution >= 0.6 is 0 Å². The molecule has 2 N–H and O–H groups in total. The molecule has 5 nitrogen and oxygen atoms in total. The smallest absolute Gasteiger partial charge is 0.228 e. The number of aromatic nitrogens is 2. The molecule has 1 saturated heterocycles. The number of amides is 1. The molecule has 2 aromatic rings. The van der Waals surface area contributed by atoms with Crippen molar-refractivity contribution in [1.29, 1.82) is 0 Å². The number of nitrogens with zero attached hydrogens (tertiary/aromatic N) is 2. The van der Waals surface area contributed by atoms with Gasteiger partial charge < -0.3 is 10.6 Å². The molecule has 1 aromatic carbocycles. The fraction of sp³-hybridized carbons (Fsp3) is 0.412. The van der Waals surface area contributed by atoms with E-state index in [-0.39, 0.29) is 17.2 Å². The van der Waals surface area contributed by atoms with Gasteiger partial charge in [0.2, 0.25) is 5.91 Å². The van der Waals surface area contributed by atoms with Crippen molar-refractivity contribution >= 4 is 11.6 Å². The van der Waals surface area contributed by atoms with Gasteiger partial charge in [-0.2, -0.15) is 5.10 Å². The summed E-state index contributed by atoms with van der Waals surface area (Å²) in [6.07, 6.45) is 6.96. The van der Waals surface area contributed by atoms with Gasteiger partial charge >= 0.3 is 0 Å². The van der Waals surface area contributed by atoms with Crippen LogP contribution in [0.3, 0.4) is 0 Å². The van der Waals surface area contributed by atoms with Crippen molar-refractivity contribution in [3.63, 3.8) is 0 Å². The Morgan fingerprint density at radius 2 is 2.05 bits per heavy atom. The second-order valence-corrected chi connectivity index (χ2v) is 6.36. The van der Waals surface area contributed by atoms with Crippen LogP contribution in [-0.2, 0) is 4.79 Å². The van der Waals surface area contributed by atoms with Crippen molar-refractivity contribution < 1.29 is 4.79 Å². The maximum Gasteiger partial charge on any atom is 0.228 e. The van der Waals surface area contributed by atoms with Crippen molar-refractivity contribution in [3.05, 3.63) is 42.7 Å². The molecular weight excluding hydrogens is 276 g/mol. The van der Waals surface area contributed by atoms with E-state index in [0.29, 0.717) is 0 Å². The highest BCUT2D eigenvalue weighted by Gasteiger charge is 2.57. The number of hydrogen-bond acceptors (Lipinski definition) is 3. The third-order valence-electron chi connectivity index (χ3n) is 5.01. The number of nitrogens with one attached hydrogen (secondary N) is 2. The number of anilines is 1. The molecule has 5 heteroatoms. The summed E-state index contributed by atoms with van der Waals surface area (Å²) in [6.45, 7) is 2.09. The van der Waals surface area contributed by atoms with Gasteiger partial charge in [-0.1, -0.05) is 0 Å². The number of carbonyl (C=O) groups excluding carboxylic acids is 1. The van der Waals surface area contributed by atoms with E-state index in [1.165, 1.54) is 0 Å². The molecule has 1 amide bonds. The minimum Gasteiger partial charge on any atom is -0.326 e. The summed E-state index contributed by atoms with van der Waals surface area (Å²) in [7, 11) is 0. The third kappa shape index (κ3) is 2.41. The van der Waals surface area contributed by atoms with Crippen molar-refractivity contribution in [2.45, 2.75) is 19.3 Å². The fourth-order valence-corrected chi connectivity index (χ4v) is 3.54. The lowest BCUT2D eigenvalue weighted by atomic mass is 9.92. The van der Waals surface area contributed by atoms with Crippen LogP contribution in [0.5, 0.6) is 0 Å². The molecule has 1 aromatic heterocycles. The summed E-state index contributed by atoms with van der Waals surface area (Å²) < 4.78 is 1.80. The third-order valence-corrected chi connectivity index (χ3v) is 5.01. The number of hydrogen-bond donors (Lipinski definition) is 2. The number of rotatable bonds is 3. The second-order valence-electron chi connectivity index (χ2n) is 6.36. The van der Waals surface area contributed by atoms with E-state index in [9.17, 15) is 4.79 Å². The van der Waals surface area contributed by atoms with Crippen LogP contribution in [0.2, 0.25) is 0 Å². The van der Waals surface area contributed by atoms with Crippen LogP contribution in [0.4, 0.5) is 5.69 Å². The highest BCUT2D eigenvalue weighted by atomic mass is 16.2. The SMILES string of the molecule is O=C(Nc1ccc(-n2cccn2)cc1)C1CC12CCNCC2. The van der Waals surface area contributed by atoms with Gasteiger partial charge in [-0.05, 0) is 68.1 Å². The molecule has 22 heavy (non-hydrogen) atoms. The number of piperidine rings is 1. The Kier molecular flexibility index (Phi) is 3.22. The zero-order valence-electron chi connectivity index (χ0n) is 12.5. The molecule has 1 saturated carbocycles. The van der Waals surface area contributed by atoms with Crippen LogP contribution in [-0.4, -0.2) is 28.8 Å². The molecular formula is C17H20N4O. The monoisotopic (exact) mass is 296 g/mol. The molecule has 0 bridgehead atoms. The van der Waals surface area contributed by atoms with Gasteiger partial charge in [0.05, 0.1) is 5.69 Å². The van der Waals surface area contributed by atoms with Crippen LogP contribution in [0, 0.1) is 11.3 Å². The molecule has 1 spiro atoms. The average Bonchev–Trinajstić information content (AvgIpc) is 3.00. The molecule has 2 aliphatic rings. The predicted octanol–water partition coefficient (Wildman–Crippen LogP) is 2.20. The first-order valence-corrected chi connectivity index (χ1v) is 7.89. The molecule has 2 heterocycles. The summed E-state index contributed by atoms with van der Waals surface area (Å²) >= 11 is 0. The lowest BCUT2D eigenvalue weighted by Gasteiger charge is -2.23. The number of carbonyl (C=O) groups is 1. The van der Waals surface area contributed by atoms with E-state index in [0.717, 1.165) is 43.7 Å². The van der Waals surface area contributed by atoms with E-state index < -0.39 is 0 Å². The van der Waals surface area contributed by atoms with Gasteiger partial charge in [0.15, 0.2) is 0 Å². The van der Waals surface area contributed by atoms with Gasteiger partial charge in [0, 0.05) is 24.0 Å².